The molecule has 5 nitrogen and oxygen atoms in total. The van der Waals surface area contributed by atoms with Crippen molar-refractivity contribution in [3.05, 3.63) is 48.5 Å². The summed E-state index contributed by atoms with van der Waals surface area (Å²) in [5.41, 5.74) is 1.86. The molecule has 0 unspecified atom stereocenters. The van der Waals surface area contributed by atoms with Crippen LogP contribution in [0.15, 0.2) is 58.3 Å². The maximum absolute atomic E-state index is 12.5. The van der Waals surface area contributed by atoms with E-state index in [1.165, 1.54) is 12.1 Å². The van der Waals surface area contributed by atoms with E-state index in [-0.39, 0.29) is 68.6 Å². The standard InChI is InChI=1S/C19H23NO4S2.K/c1-13(2)12-18(19(21)22)20-26(23,24)17-10-6-15(7-11-17)14-4-8-16(25-3)9-5-14;/h4-11,13,18,20H,12H2,1-3H3,(H,21,22);/q;+1/p-1/t18-;/m0./s1. The van der Waals surface area contributed by atoms with Gasteiger partial charge in [-0.25, -0.2) is 13.1 Å². The maximum atomic E-state index is 12.5. The molecule has 27 heavy (non-hydrogen) atoms. The Morgan fingerprint density at radius 2 is 1.52 bits per heavy atom. The largest absolute Gasteiger partial charge is 1.00 e. The van der Waals surface area contributed by atoms with Crippen molar-refractivity contribution < 1.29 is 69.7 Å². The van der Waals surface area contributed by atoms with Gasteiger partial charge in [0.1, 0.15) is 0 Å². The van der Waals surface area contributed by atoms with Crippen LogP contribution in [0.5, 0.6) is 0 Å². The summed E-state index contributed by atoms with van der Waals surface area (Å²) in [6, 6.07) is 13.1. The topological polar surface area (TPSA) is 86.3 Å². The average molecular weight is 432 g/mol. The Morgan fingerprint density at radius 1 is 1.04 bits per heavy atom. The van der Waals surface area contributed by atoms with Crippen LogP contribution in [0.4, 0.5) is 0 Å². The van der Waals surface area contributed by atoms with Crippen LogP contribution in [0.3, 0.4) is 0 Å². The first-order valence-corrected chi connectivity index (χ1v) is 10.9. The summed E-state index contributed by atoms with van der Waals surface area (Å²) < 4.78 is 27.1. The van der Waals surface area contributed by atoms with E-state index in [1.807, 2.05) is 44.4 Å². The van der Waals surface area contributed by atoms with E-state index in [0.717, 1.165) is 16.0 Å². The first kappa shape index (κ1) is 24.8. The van der Waals surface area contributed by atoms with Crippen LogP contribution < -0.4 is 61.2 Å². The van der Waals surface area contributed by atoms with Crippen LogP contribution in [0, 0.1) is 5.92 Å². The van der Waals surface area contributed by atoms with E-state index in [4.69, 9.17) is 0 Å². The van der Waals surface area contributed by atoms with E-state index < -0.39 is 22.0 Å². The Kier molecular flexibility index (Phi) is 10.2. The summed E-state index contributed by atoms with van der Waals surface area (Å²) in [5.74, 6) is -1.40. The monoisotopic (exact) mass is 431 g/mol. The number of rotatable bonds is 8. The number of carboxylic acids is 1. The number of hydrogen-bond acceptors (Lipinski definition) is 5. The van der Waals surface area contributed by atoms with Crippen molar-refractivity contribution in [2.24, 2.45) is 5.92 Å². The van der Waals surface area contributed by atoms with Crippen LogP contribution >= 0.6 is 11.8 Å². The minimum Gasteiger partial charge on any atom is -0.548 e. The SMILES string of the molecule is CSc1ccc(-c2ccc(S(=O)(=O)N[C@@H](CC(C)C)C(=O)[O-])cc2)cc1.[K+]. The number of sulfonamides is 1. The summed E-state index contributed by atoms with van der Waals surface area (Å²) in [7, 11) is -3.93. The molecule has 2 aromatic rings. The van der Waals surface area contributed by atoms with E-state index in [1.54, 1.807) is 23.9 Å². The Hall–Kier alpha value is -0.194. The fourth-order valence-corrected chi connectivity index (χ4v) is 4.13. The molecule has 0 aliphatic rings. The van der Waals surface area contributed by atoms with Crippen LogP contribution in [-0.2, 0) is 14.8 Å². The first-order chi connectivity index (χ1) is 12.2. The minimum absolute atomic E-state index is 0. The number of hydrogen-bond donors (Lipinski definition) is 1. The molecule has 0 aromatic heterocycles. The zero-order chi connectivity index (χ0) is 19.3. The second kappa shape index (κ2) is 11.1. The van der Waals surface area contributed by atoms with Crippen molar-refractivity contribution in [2.45, 2.75) is 36.1 Å². The summed E-state index contributed by atoms with van der Waals surface area (Å²) >= 11 is 1.65. The van der Waals surface area contributed by atoms with Gasteiger partial charge in [-0.3, -0.25) is 0 Å². The van der Waals surface area contributed by atoms with Gasteiger partial charge in [-0.15, -0.1) is 11.8 Å². The molecule has 0 fully saturated rings. The molecule has 0 aliphatic carbocycles. The van der Waals surface area contributed by atoms with Crippen molar-refractivity contribution in [1.29, 1.82) is 0 Å². The molecule has 0 amide bonds. The van der Waals surface area contributed by atoms with Crippen LogP contribution in [0.2, 0.25) is 0 Å². The van der Waals surface area contributed by atoms with Crippen molar-refractivity contribution in [3.63, 3.8) is 0 Å². The number of benzene rings is 2. The van der Waals surface area contributed by atoms with Crippen LogP contribution in [0.1, 0.15) is 20.3 Å². The molecule has 0 aliphatic heterocycles. The third kappa shape index (κ3) is 7.29. The number of carboxylic acid groups (broad SMARTS) is 1. The van der Waals surface area contributed by atoms with Gasteiger partial charge in [-0.1, -0.05) is 38.1 Å². The Bertz CT molecular complexity index is 850. The van der Waals surface area contributed by atoms with E-state index in [0.29, 0.717) is 0 Å². The number of carbonyl (C=O) groups excluding carboxylic acids is 1. The Labute approximate surface area is 207 Å². The molecule has 0 heterocycles. The van der Waals surface area contributed by atoms with Crippen LogP contribution in [0.25, 0.3) is 11.1 Å². The fourth-order valence-electron chi connectivity index (χ4n) is 2.53. The normalized spacial score (nSPS) is 12.4. The molecule has 1 atom stereocenters. The van der Waals surface area contributed by atoms with Crippen LogP contribution in [-0.4, -0.2) is 26.7 Å². The van der Waals surface area contributed by atoms with Gasteiger partial charge in [0.2, 0.25) is 10.0 Å². The second-order valence-corrected chi connectivity index (χ2v) is 8.97. The molecule has 0 saturated carbocycles. The van der Waals surface area contributed by atoms with Crippen molar-refractivity contribution >= 4 is 27.8 Å². The molecule has 2 aromatic carbocycles. The molecule has 0 radical (unpaired) electrons. The number of carbonyl (C=O) groups is 1. The van der Waals surface area contributed by atoms with Crippen molar-refractivity contribution in [2.75, 3.05) is 6.26 Å². The summed E-state index contributed by atoms with van der Waals surface area (Å²) in [6.07, 6.45) is 2.17. The van der Waals surface area contributed by atoms with Gasteiger partial charge in [0.05, 0.1) is 16.9 Å². The molecule has 0 spiro atoms. The van der Waals surface area contributed by atoms with E-state index >= 15 is 0 Å². The van der Waals surface area contributed by atoms with Gasteiger partial charge < -0.3 is 9.90 Å². The number of aliphatic carboxylic acids is 1. The molecular weight excluding hydrogens is 409 g/mol. The third-order valence-corrected chi connectivity index (χ3v) is 6.11. The van der Waals surface area contributed by atoms with Gasteiger partial charge in [-0.2, -0.15) is 0 Å². The quantitative estimate of drug-likeness (QED) is 0.451. The molecule has 140 valence electrons. The van der Waals surface area contributed by atoms with Gasteiger partial charge in [-0.05, 0) is 54.0 Å². The molecule has 1 N–H and O–H groups in total. The van der Waals surface area contributed by atoms with Gasteiger partial charge in [0.25, 0.3) is 0 Å². The zero-order valence-corrected chi connectivity index (χ0v) is 20.7. The third-order valence-electron chi connectivity index (χ3n) is 3.88. The summed E-state index contributed by atoms with van der Waals surface area (Å²) in [4.78, 5) is 12.4. The van der Waals surface area contributed by atoms with E-state index in [2.05, 4.69) is 4.72 Å². The molecule has 0 saturated heterocycles. The second-order valence-electron chi connectivity index (χ2n) is 6.38. The van der Waals surface area contributed by atoms with Gasteiger partial charge in [0, 0.05) is 4.90 Å². The minimum atomic E-state index is -3.93. The number of nitrogens with one attached hydrogen (secondary N) is 1. The van der Waals surface area contributed by atoms with Crippen molar-refractivity contribution in [1.82, 2.24) is 4.72 Å². The zero-order valence-electron chi connectivity index (χ0n) is 15.9. The summed E-state index contributed by atoms with van der Waals surface area (Å²) in [5, 5.41) is 11.2. The average Bonchev–Trinajstić information content (AvgIpc) is 2.61. The smallest absolute Gasteiger partial charge is 0.548 e. The first-order valence-electron chi connectivity index (χ1n) is 8.20. The predicted molar refractivity (Wildman–Crippen MR) is 102 cm³/mol. The molecule has 8 heteroatoms. The fraction of sp³-hybridized carbons (Fsp3) is 0.316. The predicted octanol–water partition coefficient (Wildman–Crippen LogP) is -0.478. The van der Waals surface area contributed by atoms with Crippen molar-refractivity contribution in [3.8, 4) is 11.1 Å². The molecule has 2 rings (SSSR count). The summed E-state index contributed by atoms with van der Waals surface area (Å²) in [6.45, 7) is 3.64. The maximum Gasteiger partial charge on any atom is 1.00 e. The molecular formula is C19H22KNO4S2. The Morgan fingerprint density at radius 3 is 1.93 bits per heavy atom. The molecule has 0 bridgehead atoms. The van der Waals surface area contributed by atoms with E-state index in [9.17, 15) is 18.3 Å². The number of thioether (sulfide) groups is 1. The van der Waals surface area contributed by atoms with Gasteiger partial charge >= 0.3 is 51.4 Å². The van der Waals surface area contributed by atoms with Gasteiger partial charge in [0.15, 0.2) is 0 Å². The Balaban J connectivity index is 0.00000364.